The van der Waals surface area contributed by atoms with Gasteiger partial charge in [-0.25, -0.2) is 4.39 Å². The van der Waals surface area contributed by atoms with E-state index in [1.54, 1.807) is 11.8 Å². The maximum absolute atomic E-state index is 14.3. The number of nitrogens with zero attached hydrogens (tertiary/aromatic N) is 3. The first-order chi connectivity index (χ1) is 15.1. The summed E-state index contributed by atoms with van der Waals surface area (Å²) in [5.41, 5.74) is -0.847. The van der Waals surface area contributed by atoms with E-state index in [0.717, 1.165) is 38.2 Å². The van der Waals surface area contributed by atoms with Crippen LogP contribution in [-0.4, -0.2) is 53.1 Å². The van der Waals surface area contributed by atoms with Crippen molar-refractivity contribution in [3.05, 3.63) is 53.1 Å². The molecule has 2 aliphatic heterocycles. The van der Waals surface area contributed by atoms with E-state index in [1.807, 2.05) is 0 Å². The van der Waals surface area contributed by atoms with Gasteiger partial charge in [0.25, 0.3) is 0 Å². The number of halogens is 4. The average Bonchev–Trinajstić information content (AvgIpc) is 3.27. The van der Waals surface area contributed by atoms with Gasteiger partial charge in [-0.15, -0.1) is 0 Å². The third kappa shape index (κ3) is 4.44. The lowest BCUT2D eigenvalue weighted by Gasteiger charge is -2.36. The van der Waals surface area contributed by atoms with Crippen molar-refractivity contribution in [1.29, 1.82) is 0 Å². The van der Waals surface area contributed by atoms with Gasteiger partial charge in [0.15, 0.2) is 0 Å². The molecule has 4 rings (SSSR count). The maximum atomic E-state index is 14.3. The highest BCUT2D eigenvalue weighted by molar-refractivity contribution is 5.92. The molecule has 1 aromatic carbocycles. The van der Waals surface area contributed by atoms with Crippen molar-refractivity contribution in [3.63, 3.8) is 0 Å². The van der Waals surface area contributed by atoms with Crippen LogP contribution in [0.2, 0.25) is 0 Å². The summed E-state index contributed by atoms with van der Waals surface area (Å²) in [5.74, 6) is -1.19. The number of hydrogen-bond acceptors (Lipinski definition) is 3. The Labute approximate surface area is 183 Å². The fourth-order valence-electron chi connectivity index (χ4n) is 4.74. The van der Waals surface area contributed by atoms with E-state index < -0.39 is 17.6 Å². The van der Waals surface area contributed by atoms with E-state index >= 15 is 0 Å². The Morgan fingerprint density at radius 1 is 1.09 bits per heavy atom. The monoisotopic (exact) mass is 452 g/mol. The second kappa shape index (κ2) is 8.69. The summed E-state index contributed by atoms with van der Waals surface area (Å²) in [5, 5.41) is 10.5. The summed E-state index contributed by atoms with van der Waals surface area (Å²) >= 11 is 0. The lowest BCUT2D eigenvalue weighted by Crippen LogP contribution is -2.49. The first kappa shape index (κ1) is 22.5. The van der Waals surface area contributed by atoms with Crippen molar-refractivity contribution >= 4 is 5.91 Å². The van der Waals surface area contributed by atoms with Gasteiger partial charge in [-0.2, -0.15) is 13.2 Å². The first-order valence-corrected chi connectivity index (χ1v) is 10.8. The van der Waals surface area contributed by atoms with Crippen molar-refractivity contribution in [1.82, 2.24) is 9.80 Å². The minimum absolute atomic E-state index is 0.0285. The number of likely N-dealkylation sites (tertiary alicyclic amines) is 2. The predicted octanol–water partition coefficient (Wildman–Crippen LogP) is 4.05. The average molecular weight is 452 g/mol. The number of amides is 1. The van der Waals surface area contributed by atoms with Gasteiger partial charge in [-0.05, 0) is 70.0 Å². The molecule has 0 saturated carbocycles. The van der Waals surface area contributed by atoms with Crippen LogP contribution in [0.15, 0.2) is 30.5 Å². The van der Waals surface area contributed by atoms with E-state index in [0.29, 0.717) is 41.6 Å². The van der Waals surface area contributed by atoms with Gasteiger partial charge in [-0.3, -0.25) is 10.0 Å². The Kier molecular flexibility index (Phi) is 6.11. The van der Waals surface area contributed by atoms with E-state index in [2.05, 4.69) is 4.90 Å². The van der Waals surface area contributed by atoms with Gasteiger partial charge in [0, 0.05) is 35.0 Å². The molecular weight excluding hydrogens is 426 g/mol. The fourth-order valence-corrected chi connectivity index (χ4v) is 4.74. The summed E-state index contributed by atoms with van der Waals surface area (Å²) in [7, 11) is 0. The lowest BCUT2D eigenvalue weighted by molar-refractivity contribution is -0.905. The molecule has 0 bridgehead atoms. The van der Waals surface area contributed by atoms with E-state index in [1.165, 1.54) is 18.9 Å². The topological polar surface area (TPSA) is 47.7 Å². The number of pyridine rings is 1. The number of aromatic nitrogens is 1. The van der Waals surface area contributed by atoms with Crippen molar-refractivity contribution in [2.24, 2.45) is 0 Å². The molecule has 2 fully saturated rings. The summed E-state index contributed by atoms with van der Waals surface area (Å²) < 4.78 is 54.0. The molecule has 2 aromatic rings. The zero-order valence-electron chi connectivity index (χ0n) is 17.8. The molecule has 0 radical (unpaired) electrons. The van der Waals surface area contributed by atoms with Crippen molar-refractivity contribution in [3.8, 4) is 11.1 Å². The molecule has 1 aromatic heterocycles. The van der Waals surface area contributed by atoms with Crippen LogP contribution in [0.25, 0.3) is 11.1 Å². The molecule has 5 nitrogen and oxygen atoms in total. The van der Waals surface area contributed by atoms with Crippen LogP contribution in [0.1, 0.15) is 47.3 Å². The zero-order valence-corrected chi connectivity index (χ0v) is 17.8. The van der Waals surface area contributed by atoms with E-state index in [9.17, 15) is 27.6 Å². The van der Waals surface area contributed by atoms with Crippen molar-refractivity contribution in [2.45, 2.75) is 44.8 Å². The Hall–Kier alpha value is -2.68. The van der Waals surface area contributed by atoms with E-state index in [4.69, 9.17) is 0 Å². The largest absolute Gasteiger partial charge is 0.416 e. The second-order valence-electron chi connectivity index (χ2n) is 8.56. The summed E-state index contributed by atoms with van der Waals surface area (Å²) in [6, 6.07) is 4.01. The fraction of sp³-hybridized carbons (Fsp3) is 0.478. The van der Waals surface area contributed by atoms with Crippen LogP contribution in [-0.2, 0) is 6.18 Å². The van der Waals surface area contributed by atoms with Gasteiger partial charge < -0.3 is 9.80 Å². The molecule has 3 heterocycles. The molecule has 172 valence electrons. The van der Waals surface area contributed by atoms with Gasteiger partial charge >= 0.3 is 17.8 Å². The standard InChI is InChI=1S/C23H26F4N3O2/c1-15-12-16(19-13-17(23(25,26)27)4-5-20(19)24)14-30(32)21(15)22(31)29-10-6-18(7-11-29)28-8-2-3-9-28/h4-5,12-14,18,32H,2-3,6-11H2,1H3/q+1. The summed E-state index contributed by atoms with van der Waals surface area (Å²) in [6.45, 7) is 4.92. The minimum atomic E-state index is -4.62. The number of alkyl halides is 3. The molecule has 9 heteroatoms. The minimum Gasteiger partial charge on any atom is -0.333 e. The maximum Gasteiger partial charge on any atom is 0.416 e. The Bertz CT molecular complexity index is 988. The summed E-state index contributed by atoms with van der Waals surface area (Å²) in [4.78, 5) is 17.2. The highest BCUT2D eigenvalue weighted by atomic mass is 19.4. The van der Waals surface area contributed by atoms with E-state index in [-0.39, 0.29) is 22.7 Å². The number of benzene rings is 1. The van der Waals surface area contributed by atoms with Gasteiger partial charge in [0.05, 0.1) is 11.1 Å². The van der Waals surface area contributed by atoms with Crippen LogP contribution in [0.5, 0.6) is 0 Å². The number of aryl methyl sites for hydroxylation is 1. The zero-order chi connectivity index (χ0) is 23.0. The number of carbonyl (C=O) groups is 1. The molecule has 0 spiro atoms. The normalized spacial score (nSPS) is 18.3. The molecule has 2 aliphatic rings. The highest BCUT2D eigenvalue weighted by Gasteiger charge is 2.35. The van der Waals surface area contributed by atoms with Crippen LogP contribution >= 0.6 is 0 Å². The molecule has 0 aliphatic carbocycles. The number of rotatable bonds is 3. The molecule has 1 N–H and O–H groups in total. The third-order valence-corrected chi connectivity index (χ3v) is 6.45. The second-order valence-corrected chi connectivity index (χ2v) is 8.56. The van der Waals surface area contributed by atoms with Gasteiger partial charge in [-0.1, -0.05) is 0 Å². The molecule has 1 amide bonds. The lowest BCUT2D eigenvalue weighted by atomic mass is 10.00. The predicted molar refractivity (Wildman–Crippen MR) is 109 cm³/mol. The van der Waals surface area contributed by atoms with Crippen LogP contribution in [0.3, 0.4) is 0 Å². The quantitative estimate of drug-likeness (QED) is 0.434. The number of piperidine rings is 1. The Morgan fingerprint density at radius 2 is 1.75 bits per heavy atom. The highest BCUT2D eigenvalue weighted by Crippen LogP contribution is 2.33. The third-order valence-electron chi connectivity index (χ3n) is 6.45. The van der Waals surface area contributed by atoms with Gasteiger partial charge in [0.2, 0.25) is 6.20 Å². The molecule has 2 saturated heterocycles. The van der Waals surface area contributed by atoms with Crippen molar-refractivity contribution in [2.75, 3.05) is 26.2 Å². The molecule has 0 unspecified atom stereocenters. The number of hydrogen-bond donors (Lipinski definition) is 1. The molecule has 32 heavy (non-hydrogen) atoms. The first-order valence-electron chi connectivity index (χ1n) is 10.8. The van der Waals surface area contributed by atoms with Crippen LogP contribution in [0, 0.1) is 12.7 Å². The van der Waals surface area contributed by atoms with Crippen molar-refractivity contribution < 1.29 is 32.3 Å². The van der Waals surface area contributed by atoms with Gasteiger partial charge in [0.1, 0.15) is 5.82 Å². The summed E-state index contributed by atoms with van der Waals surface area (Å²) in [6.07, 6.45) is 0.608. The molecular formula is C23H26F4N3O2+. The van der Waals surface area contributed by atoms with Crippen LogP contribution < -0.4 is 4.73 Å². The Balaban J connectivity index is 1.55. The van der Waals surface area contributed by atoms with Crippen LogP contribution in [0.4, 0.5) is 17.6 Å². The smallest absolute Gasteiger partial charge is 0.333 e. The molecule has 0 atom stereocenters. The Morgan fingerprint density at radius 3 is 2.34 bits per heavy atom. The number of carbonyl (C=O) groups excluding carboxylic acids is 1. The SMILES string of the molecule is Cc1cc(-c2cc(C(F)(F)F)ccc2F)c[n+](O)c1C(=O)N1CCC(N2CCCC2)CC1.